The van der Waals surface area contributed by atoms with Crippen molar-refractivity contribution in [2.45, 2.75) is 12.5 Å². The third-order valence-corrected chi connectivity index (χ3v) is 4.13. The van der Waals surface area contributed by atoms with Crippen LogP contribution in [-0.4, -0.2) is 19.2 Å². The van der Waals surface area contributed by atoms with Crippen molar-refractivity contribution < 1.29 is 9.47 Å². The first kappa shape index (κ1) is 16.8. The first-order valence-corrected chi connectivity index (χ1v) is 8.22. The van der Waals surface area contributed by atoms with Gasteiger partial charge in [-0.05, 0) is 41.8 Å². The van der Waals surface area contributed by atoms with E-state index in [1.165, 1.54) is 11.1 Å². The first-order chi connectivity index (χ1) is 12.3. The summed E-state index contributed by atoms with van der Waals surface area (Å²) in [5, 5.41) is 3.61. The minimum absolute atomic E-state index is 0.117. The third-order valence-electron chi connectivity index (χ3n) is 4.13. The molecule has 0 amide bonds. The Morgan fingerprint density at radius 3 is 2.36 bits per heavy atom. The van der Waals surface area contributed by atoms with Crippen LogP contribution in [0.5, 0.6) is 11.5 Å². The number of hydrogen-bond donors (Lipinski definition) is 1. The van der Waals surface area contributed by atoms with Crippen molar-refractivity contribution in [3.8, 4) is 11.5 Å². The summed E-state index contributed by atoms with van der Waals surface area (Å²) in [6.07, 6.45) is 4.50. The fourth-order valence-electron chi connectivity index (χ4n) is 2.80. The second kappa shape index (κ2) is 8.20. The Bertz CT molecular complexity index is 792. The molecule has 128 valence electrons. The van der Waals surface area contributed by atoms with Gasteiger partial charge in [0, 0.05) is 18.5 Å². The van der Waals surface area contributed by atoms with Crippen LogP contribution in [0.4, 0.5) is 5.69 Å². The summed E-state index contributed by atoms with van der Waals surface area (Å²) in [7, 11) is 3.32. The highest BCUT2D eigenvalue weighted by molar-refractivity contribution is 5.60. The number of methoxy groups -OCH3 is 2. The molecule has 3 rings (SSSR count). The van der Waals surface area contributed by atoms with Gasteiger partial charge in [-0.2, -0.15) is 0 Å². The van der Waals surface area contributed by atoms with Gasteiger partial charge in [-0.1, -0.05) is 30.3 Å². The lowest BCUT2D eigenvalue weighted by molar-refractivity contribution is 0.395. The molecular formula is C21H22N2O2. The monoisotopic (exact) mass is 334 g/mol. The Morgan fingerprint density at radius 1 is 0.920 bits per heavy atom. The lowest BCUT2D eigenvalue weighted by Crippen LogP contribution is -2.14. The number of benzene rings is 2. The van der Waals surface area contributed by atoms with Crippen molar-refractivity contribution in [2.24, 2.45) is 0 Å². The Hall–Kier alpha value is -3.01. The van der Waals surface area contributed by atoms with E-state index < -0.39 is 0 Å². The molecule has 4 nitrogen and oxygen atoms in total. The summed E-state index contributed by atoms with van der Waals surface area (Å²) in [5.74, 6) is 1.53. The van der Waals surface area contributed by atoms with Crippen molar-refractivity contribution in [1.29, 1.82) is 0 Å². The summed E-state index contributed by atoms with van der Waals surface area (Å²) >= 11 is 0. The van der Waals surface area contributed by atoms with Crippen LogP contribution in [0.15, 0.2) is 73.1 Å². The second-order valence-corrected chi connectivity index (χ2v) is 5.73. The largest absolute Gasteiger partial charge is 0.497 e. The predicted molar refractivity (Wildman–Crippen MR) is 100 cm³/mol. The van der Waals surface area contributed by atoms with Gasteiger partial charge in [0.1, 0.15) is 11.5 Å². The van der Waals surface area contributed by atoms with Crippen molar-refractivity contribution >= 4 is 5.69 Å². The summed E-state index contributed by atoms with van der Waals surface area (Å²) in [6.45, 7) is 0. The maximum atomic E-state index is 5.52. The summed E-state index contributed by atoms with van der Waals surface area (Å²) < 4.78 is 10.8. The van der Waals surface area contributed by atoms with Crippen LogP contribution < -0.4 is 14.8 Å². The normalized spacial score (nSPS) is 11.6. The van der Waals surface area contributed by atoms with Crippen molar-refractivity contribution in [1.82, 2.24) is 4.98 Å². The van der Waals surface area contributed by atoms with E-state index in [1.807, 2.05) is 48.8 Å². The van der Waals surface area contributed by atoms with Gasteiger partial charge in [0.25, 0.3) is 0 Å². The van der Waals surface area contributed by atoms with E-state index in [9.17, 15) is 0 Å². The molecule has 1 aromatic heterocycles. The van der Waals surface area contributed by atoms with E-state index in [2.05, 4.69) is 34.6 Å². The maximum absolute atomic E-state index is 5.52. The van der Waals surface area contributed by atoms with Crippen molar-refractivity contribution in [3.63, 3.8) is 0 Å². The fourth-order valence-corrected chi connectivity index (χ4v) is 2.80. The van der Waals surface area contributed by atoms with Gasteiger partial charge < -0.3 is 14.8 Å². The Balaban J connectivity index is 1.90. The molecule has 0 aliphatic heterocycles. The predicted octanol–water partition coefficient (Wildman–Crippen LogP) is 4.49. The molecule has 3 aromatic rings. The highest BCUT2D eigenvalue weighted by atomic mass is 16.5. The van der Waals surface area contributed by atoms with E-state index in [4.69, 9.17) is 9.47 Å². The first-order valence-electron chi connectivity index (χ1n) is 8.22. The second-order valence-electron chi connectivity index (χ2n) is 5.73. The molecule has 0 radical (unpaired) electrons. The summed E-state index contributed by atoms with van der Waals surface area (Å²) in [6, 6.07) is 20.4. The topological polar surface area (TPSA) is 43.4 Å². The highest BCUT2D eigenvalue weighted by Gasteiger charge is 2.15. The number of nitrogens with one attached hydrogen (secondary N) is 1. The van der Waals surface area contributed by atoms with Crippen LogP contribution in [0, 0.1) is 0 Å². The number of rotatable bonds is 7. The van der Waals surface area contributed by atoms with E-state index in [-0.39, 0.29) is 6.04 Å². The minimum Gasteiger partial charge on any atom is -0.497 e. The molecule has 1 N–H and O–H groups in total. The van der Waals surface area contributed by atoms with Crippen molar-refractivity contribution in [3.05, 3.63) is 84.2 Å². The molecule has 0 spiro atoms. The Morgan fingerprint density at radius 2 is 1.68 bits per heavy atom. The van der Waals surface area contributed by atoms with Crippen LogP contribution in [0.25, 0.3) is 0 Å². The zero-order valence-electron chi connectivity index (χ0n) is 14.5. The highest BCUT2D eigenvalue weighted by Crippen LogP contribution is 2.33. The van der Waals surface area contributed by atoms with Gasteiger partial charge in [0.05, 0.1) is 25.9 Å². The molecule has 2 aromatic carbocycles. The SMILES string of the molecule is COc1ccc(NC(Cc2ccncc2)c2ccccc2)c(OC)c1. The lowest BCUT2D eigenvalue weighted by Gasteiger charge is -2.22. The number of ether oxygens (including phenoxy) is 2. The Labute approximate surface area is 148 Å². The molecule has 0 fully saturated rings. The number of nitrogens with zero attached hydrogens (tertiary/aromatic N) is 1. The summed E-state index contributed by atoms with van der Waals surface area (Å²) in [5.41, 5.74) is 3.38. The molecule has 0 aliphatic rings. The molecule has 25 heavy (non-hydrogen) atoms. The average molecular weight is 334 g/mol. The molecule has 1 heterocycles. The smallest absolute Gasteiger partial charge is 0.145 e. The van der Waals surface area contributed by atoms with Gasteiger partial charge in [-0.3, -0.25) is 4.98 Å². The molecule has 0 saturated carbocycles. The van der Waals surface area contributed by atoms with E-state index in [0.717, 1.165) is 23.6 Å². The van der Waals surface area contributed by atoms with Gasteiger partial charge in [-0.15, -0.1) is 0 Å². The quantitative estimate of drug-likeness (QED) is 0.691. The fraction of sp³-hybridized carbons (Fsp3) is 0.190. The molecule has 1 atom stereocenters. The van der Waals surface area contributed by atoms with Gasteiger partial charge >= 0.3 is 0 Å². The number of aromatic nitrogens is 1. The standard InChI is InChI=1S/C21H22N2O2/c1-24-18-8-9-19(21(15-18)25-2)23-20(17-6-4-3-5-7-17)14-16-10-12-22-13-11-16/h3-13,15,20,23H,14H2,1-2H3. The molecule has 0 saturated heterocycles. The number of hydrogen-bond acceptors (Lipinski definition) is 4. The minimum atomic E-state index is 0.117. The Kier molecular flexibility index (Phi) is 5.52. The van der Waals surface area contributed by atoms with E-state index in [1.54, 1.807) is 14.2 Å². The number of anilines is 1. The third kappa shape index (κ3) is 4.29. The van der Waals surface area contributed by atoms with Gasteiger partial charge in [0.15, 0.2) is 0 Å². The van der Waals surface area contributed by atoms with Crippen LogP contribution in [-0.2, 0) is 6.42 Å². The van der Waals surface area contributed by atoms with Crippen LogP contribution in [0.1, 0.15) is 17.2 Å². The maximum Gasteiger partial charge on any atom is 0.145 e. The van der Waals surface area contributed by atoms with Crippen molar-refractivity contribution in [2.75, 3.05) is 19.5 Å². The zero-order chi connectivity index (χ0) is 17.5. The molecule has 0 aliphatic carbocycles. The zero-order valence-corrected chi connectivity index (χ0v) is 14.5. The van der Waals surface area contributed by atoms with Crippen LogP contribution in [0.3, 0.4) is 0 Å². The molecular weight excluding hydrogens is 312 g/mol. The summed E-state index contributed by atoms with van der Waals surface area (Å²) in [4.78, 5) is 4.10. The molecule has 4 heteroatoms. The van der Waals surface area contributed by atoms with Gasteiger partial charge in [-0.25, -0.2) is 0 Å². The van der Waals surface area contributed by atoms with E-state index >= 15 is 0 Å². The average Bonchev–Trinajstić information content (AvgIpc) is 2.69. The molecule has 1 unspecified atom stereocenters. The number of pyridine rings is 1. The van der Waals surface area contributed by atoms with Crippen LogP contribution in [0.2, 0.25) is 0 Å². The van der Waals surface area contributed by atoms with Gasteiger partial charge in [0.2, 0.25) is 0 Å². The van der Waals surface area contributed by atoms with Crippen LogP contribution >= 0.6 is 0 Å². The van der Waals surface area contributed by atoms with E-state index in [0.29, 0.717) is 0 Å². The molecule has 0 bridgehead atoms. The lowest BCUT2D eigenvalue weighted by atomic mass is 9.99.